The third kappa shape index (κ3) is 3.77. The molecule has 0 spiro atoms. The molecule has 5 nitrogen and oxygen atoms in total. The van der Waals surface area contributed by atoms with Gasteiger partial charge in [0, 0.05) is 36.4 Å². The van der Waals surface area contributed by atoms with E-state index in [-0.39, 0.29) is 11.9 Å². The third-order valence-corrected chi connectivity index (χ3v) is 4.80. The Hall–Kier alpha value is -2.53. The van der Waals surface area contributed by atoms with E-state index in [1.165, 1.54) is 0 Å². The Bertz CT molecular complexity index is 835. The van der Waals surface area contributed by atoms with Gasteiger partial charge in [0.1, 0.15) is 0 Å². The molecule has 6 heteroatoms. The molecule has 0 radical (unpaired) electrons. The van der Waals surface area contributed by atoms with Gasteiger partial charge in [0.05, 0.1) is 0 Å². The minimum absolute atomic E-state index is 0.0564. The normalized spacial score (nSPS) is 12.7. The summed E-state index contributed by atoms with van der Waals surface area (Å²) < 4.78 is 0. The van der Waals surface area contributed by atoms with Crippen molar-refractivity contribution in [2.75, 3.05) is 16.8 Å². The summed E-state index contributed by atoms with van der Waals surface area (Å²) in [6.07, 6.45) is 0.844. The van der Waals surface area contributed by atoms with Crippen LogP contribution in [-0.4, -0.2) is 18.5 Å². The molecule has 2 aromatic carbocycles. The molecule has 1 heterocycles. The first-order valence-electron chi connectivity index (χ1n) is 8.15. The summed E-state index contributed by atoms with van der Waals surface area (Å²) in [6, 6.07) is 11.0. The van der Waals surface area contributed by atoms with Gasteiger partial charge in [-0.3, -0.25) is 4.79 Å². The number of nitrogens with zero attached hydrogens (tertiary/aromatic N) is 1. The van der Waals surface area contributed by atoms with Crippen LogP contribution in [0.1, 0.15) is 23.6 Å². The predicted molar refractivity (Wildman–Crippen MR) is 100 cm³/mol. The van der Waals surface area contributed by atoms with Crippen LogP contribution in [0, 0.1) is 6.92 Å². The van der Waals surface area contributed by atoms with Gasteiger partial charge in [-0.1, -0.05) is 29.8 Å². The number of benzene rings is 2. The molecular weight excluding hydrogens is 338 g/mol. The van der Waals surface area contributed by atoms with Crippen LogP contribution in [0.2, 0.25) is 5.02 Å². The fraction of sp³-hybridized carbons (Fsp3) is 0.263. The summed E-state index contributed by atoms with van der Waals surface area (Å²) in [7, 11) is 0. The van der Waals surface area contributed by atoms with E-state index in [1.807, 2.05) is 31.2 Å². The lowest BCUT2D eigenvalue weighted by atomic mass is 10.1. The molecule has 0 saturated carbocycles. The van der Waals surface area contributed by atoms with Gasteiger partial charge in [0.15, 0.2) is 0 Å². The first-order valence-corrected chi connectivity index (χ1v) is 8.53. The van der Waals surface area contributed by atoms with Crippen LogP contribution in [0.25, 0.3) is 0 Å². The average molecular weight is 358 g/mol. The fourth-order valence-corrected chi connectivity index (χ4v) is 3.16. The van der Waals surface area contributed by atoms with Gasteiger partial charge in [-0.15, -0.1) is 0 Å². The zero-order chi connectivity index (χ0) is 18.0. The molecule has 0 aromatic heterocycles. The van der Waals surface area contributed by atoms with Crippen LogP contribution in [0.4, 0.5) is 16.2 Å². The van der Waals surface area contributed by atoms with Gasteiger partial charge in [-0.05, 0) is 48.2 Å². The number of halogens is 1. The van der Waals surface area contributed by atoms with Crippen molar-refractivity contribution < 1.29 is 9.59 Å². The number of carbonyl (C=O) groups excluding carboxylic acids is 2. The van der Waals surface area contributed by atoms with Crippen LogP contribution >= 0.6 is 11.6 Å². The Balaban J connectivity index is 1.61. The molecule has 25 heavy (non-hydrogen) atoms. The number of carbonyl (C=O) groups is 2. The summed E-state index contributed by atoms with van der Waals surface area (Å²) in [5, 5.41) is 6.27. The van der Waals surface area contributed by atoms with E-state index in [0.29, 0.717) is 17.3 Å². The maximum atomic E-state index is 12.1. The van der Waals surface area contributed by atoms with Crippen LogP contribution in [-0.2, 0) is 17.8 Å². The Labute approximate surface area is 152 Å². The summed E-state index contributed by atoms with van der Waals surface area (Å²) in [4.78, 5) is 25.5. The van der Waals surface area contributed by atoms with E-state index in [4.69, 9.17) is 11.6 Å². The minimum atomic E-state index is -0.281. The number of hydrogen-bond acceptors (Lipinski definition) is 2. The van der Waals surface area contributed by atoms with Gasteiger partial charge < -0.3 is 15.5 Å². The van der Waals surface area contributed by atoms with Crippen LogP contribution in [0.3, 0.4) is 0 Å². The van der Waals surface area contributed by atoms with Crippen molar-refractivity contribution in [1.82, 2.24) is 5.32 Å². The van der Waals surface area contributed by atoms with Crippen LogP contribution in [0.5, 0.6) is 0 Å². The number of nitrogens with one attached hydrogen (secondary N) is 2. The number of anilines is 2. The number of urea groups is 1. The number of amides is 3. The number of hydrogen-bond donors (Lipinski definition) is 2. The topological polar surface area (TPSA) is 61.4 Å². The minimum Gasteiger partial charge on any atom is -0.334 e. The highest BCUT2D eigenvalue weighted by atomic mass is 35.5. The highest BCUT2D eigenvalue weighted by Gasteiger charge is 2.22. The maximum Gasteiger partial charge on any atom is 0.319 e. The molecule has 0 fully saturated rings. The molecule has 0 saturated heterocycles. The standard InChI is InChI=1S/C19H20ClN3O2/c1-12-16(20)4-3-5-17(12)22-19(25)21-11-14-6-7-18-15(10-14)8-9-23(18)13(2)24/h3-7,10H,8-9,11H2,1-2H3,(H2,21,22,25). The largest absolute Gasteiger partial charge is 0.334 e. The van der Waals surface area contributed by atoms with E-state index >= 15 is 0 Å². The van der Waals surface area contributed by atoms with Crippen molar-refractivity contribution in [3.8, 4) is 0 Å². The first kappa shape index (κ1) is 17.3. The number of rotatable bonds is 3. The van der Waals surface area contributed by atoms with Gasteiger partial charge in [-0.2, -0.15) is 0 Å². The van der Waals surface area contributed by atoms with E-state index in [2.05, 4.69) is 10.6 Å². The van der Waals surface area contributed by atoms with E-state index in [9.17, 15) is 9.59 Å². The summed E-state index contributed by atoms with van der Waals surface area (Å²) >= 11 is 6.06. The van der Waals surface area contributed by atoms with Crippen LogP contribution in [0.15, 0.2) is 36.4 Å². The zero-order valence-corrected chi connectivity index (χ0v) is 15.0. The SMILES string of the molecule is CC(=O)N1CCc2cc(CNC(=O)Nc3cccc(Cl)c3C)ccc21. The molecule has 3 amide bonds. The second kappa shape index (κ2) is 7.15. The maximum absolute atomic E-state index is 12.1. The van der Waals surface area contributed by atoms with Crippen molar-refractivity contribution in [1.29, 1.82) is 0 Å². The van der Waals surface area contributed by atoms with Crippen molar-refractivity contribution in [3.63, 3.8) is 0 Å². The molecule has 2 N–H and O–H groups in total. The fourth-order valence-electron chi connectivity index (χ4n) is 2.98. The Kier molecular flexibility index (Phi) is 4.95. The molecule has 3 rings (SSSR count). The lowest BCUT2D eigenvalue weighted by molar-refractivity contribution is -0.116. The molecule has 130 valence electrons. The second-order valence-corrected chi connectivity index (χ2v) is 6.51. The van der Waals surface area contributed by atoms with Gasteiger partial charge in [-0.25, -0.2) is 4.79 Å². The van der Waals surface area contributed by atoms with Crippen molar-refractivity contribution in [2.24, 2.45) is 0 Å². The van der Waals surface area contributed by atoms with Crippen LogP contribution < -0.4 is 15.5 Å². The molecule has 0 bridgehead atoms. The van der Waals surface area contributed by atoms with E-state index in [0.717, 1.165) is 35.3 Å². The smallest absolute Gasteiger partial charge is 0.319 e. The van der Waals surface area contributed by atoms with Gasteiger partial charge >= 0.3 is 6.03 Å². The van der Waals surface area contributed by atoms with Crippen molar-refractivity contribution in [3.05, 3.63) is 58.1 Å². The van der Waals surface area contributed by atoms with Crippen molar-refractivity contribution >= 4 is 34.9 Å². The third-order valence-electron chi connectivity index (χ3n) is 4.39. The molecule has 2 aromatic rings. The van der Waals surface area contributed by atoms with Crippen molar-refractivity contribution in [2.45, 2.75) is 26.8 Å². The Morgan fingerprint density at radius 2 is 2.04 bits per heavy atom. The highest BCUT2D eigenvalue weighted by Crippen LogP contribution is 2.29. The Morgan fingerprint density at radius 3 is 2.80 bits per heavy atom. The Morgan fingerprint density at radius 1 is 1.24 bits per heavy atom. The number of fused-ring (bicyclic) bond motifs is 1. The summed E-state index contributed by atoms with van der Waals surface area (Å²) in [6.45, 7) is 4.57. The second-order valence-electron chi connectivity index (χ2n) is 6.10. The quantitative estimate of drug-likeness (QED) is 0.875. The van der Waals surface area contributed by atoms with Gasteiger partial charge in [0.25, 0.3) is 0 Å². The molecule has 1 aliphatic heterocycles. The monoisotopic (exact) mass is 357 g/mol. The first-order chi connectivity index (χ1) is 12.0. The summed E-state index contributed by atoms with van der Waals surface area (Å²) in [5.41, 5.74) is 4.63. The molecular formula is C19H20ClN3O2. The average Bonchev–Trinajstić information content (AvgIpc) is 3.00. The van der Waals surface area contributed by atoms with E-state index < -0.39 is 0 Å². The molecule has 0 unspecified atom stereocenters. The summed E-state index contributed by atoms with van der Waals surface area (Å²) in [5.74, 6) is 0.0564. The molecule has 0 aliphatic carbocycles. The lowest BCUT2D eigenvalue weighted by Gasteiger charge is -2.15. The molecule has 1 aliphatic rings. The highest BCUT2D eigenvalue weighted by molar-refractivity contribution is 6.31. The zero-order valence-electron chi connectivity index (χ0n) is 14.2. The lowest BCUT2D eigenvalue weighted by Crippen LogP contribution is -2.28. The van der Waals surface area contributed by atoms with E-state index in [1.54, 1.807) is 24.0 Å². The molecule has 0 atom stereocenters. The predicted octanol–water partition coefficient (Wildman–Crippen LogP) is 3.88. The van der Waals surface area contributed by atoms with Gasteiger partial charge in [0.2, 0.25) is 5.91 Å².